The molecule has 166 valence electrons. The summed E-state index contributed by atoms with van der Waals surface area (Å²) in [6.07, 6.45) is 6.56. The third kappa shape index (κ3) is 4.34. The van der Waals surface area contributed by atoms with Crippen molar-refractivity contribution in [3.63, 3.8) is 0 Å². The van der Waals surface area contributed by atoms with Gasteiger partial charge >= 0.3 is 0 Å². The van der Waals surface area contributed by atoms with Crippen molar-refractivity contribution in [1.29, 1.82) is 0 Å². The topological polar surface area (TPSA) is 75.7 Å². The molecule has 0 unspecified atom stereocenters. The lowest BCUT2D eigenvalue weighted by molar-refractivity contribution is 0.0823. The Morgan fingerprint density at radius 1 is 0.968 bits per heavy atom. The summed E-state index contributed by atoms with van der Waals surface area (Å²) < 4.78 is 33.6. The molecule has 0 aromatic heterocycles. The number of methoxy groups -OCH3 is 1. The van der Waals surface area contributed by atoms with E-state index in [1.54, 1.807) is 12.1 Å². The maximum atomic E-state index is 13.4. The molecule has 7 heteroatoms. The third-order valence-corrected chi connectivity index (χ3v) is 8.41. The van der Waals surface area contributed by atoms with E-state index in [1.165, 1.54) is 17.5 Å². The fourth-order valence-corrected chi connectivity index (χ4v) is 6.20. The lowest BCUT2D eigenvalue weighted by atomic mass is 9.71. The Labute approximate surface area is 184 Å². The van der Waals surface area contributed by atoms with Crippen LogP contribution in [0.25, 0.3) is 0 Å². The molecule has 2 aromatic rings. The van der Waals surface area contributed by atoms with Gasteiger partial charge in [0.1, 0.15) is 10.6 Å². The third-order valence-electron chi connectivity index (χ3n) is 6.49. The van der Waals surface area contributed by atoms with E-state index >= 15 is 0 Å². The Balaban J connectivity index is 1.63. The zero-order valence-corrected chi connectivity index (χ0v) is 18.8. The molecular weight excluding hydrogens is 412 g/mol. The first-order valence-electron chi connectivity index (χ1n) is 11.0. The summed E-state index contributed by atoms with van der Waals surface area (Å²) in [4.78, 5) is 13.2. The van der Waals surface area contributed by atoms with Crippen LogP contribution in [0.1, 0.15) is 60.9 Å². The van der Waals surface area contributed by atoms with Crippen LogP contribution in [0, 0.1) is 0 Å². The van der Waals surface area contributed by atoms with E-state index in [4.69, 9.17) is 4.74 Å². The van der Waals surface area contributed by atoms with Crippen molar-refractivity contribution in [2.45, 2.75) is 55.4 Å². The van der Waals surface area contributed by atoms with Gasteiger partial charge in [-0.1, -0.05) is 43.2 Å². The maximum Gasteiger partial charge on any atom is 0.252 e. The van der Waals surface area contributed by atoms with Crippen LogP contribution in [-0.2, 0) is 15.6 Å². The van der Waals surface area contributed by atoms with Crippen molar-refractivity contribution in [2.75, 3.05) is 20.2 Å². The van der Waals surface area contributed by atoms with Gasteiger partial charge < -0.3 is 10.1 Å². The number of nitrogens with one attached hydrogen (secondary N) is 1. The van der Waals surface area contributed by atoms with Gasteiger partial charge in [0.05, 0.1) is 12.6 Å². The predicted molar refractivity (Wildman–Crippen MR) is 120 cm³/mol. The summed E-state index contributed by atoms with van der Waals surface area (Å²) >= 11 is 0. The summed E-state index contributed by atoms with van der Waals surface area (Å²) in [5.74, 6) is 0.000682. The molecule has 1 aliphatic carbocycles. The predicted octanol–water partition coefficient (Wildman–Crippen LogP) is 4.07. The van der Waals surface area contributed by atoms with Crippen LogP contribution in [0.15, 0.2) is 53.4 Å². The second-order valence-electron chi connectivity index (χ2n) is 8.44. The first-order valence-corrected chi connectivity index (χ1v) is 12.5. The summed E-state index contributed by atoms with van der Waals surface area (Å²) in [6.45, 7) is 0.998. The molecule has 0 radical (unpaired) electrons. The van der Waals surface area contributed by atoms with Crippen molar-refractivity contribution in [3.05, 3.63) is 59.7 Å². The molecule has 2 aliphatic rings. The summed E-state index contributed by atoms with van der Waals surface area (Å²) in [5, 5.41) is 3.18. The highest BCUT2D eigenvalue weighted by atomic mass is 32.2. The maximum absolute atomic E-state index is 13.4. The van der Waals surface area contributed by atoms with Crippen molar-refractivity contribution < 1.29 is 17.9 Å². The van der Waals surface area contributed by atoms with Crippen LogP contribution in [0.2, 0.25) is 0 Å². The zero-order chi connectivity index (χ0) is 21.9. The van der Waals surface area contributed by atoms with Crippen LogP contribution < -0.4 is 10.1 Å². The van der Waals surface area contributed by atoms with Crippen LogP contribution in [0.5, 0.6) is 5.75 Å². The van der Waals surface area contributed by atoms with E-state index in [0.717, 1.165) is 50.5 Å². The van der Waals surface area contributed by atoms with Gasteiger partial charge in [-0.3, -0.25) is 4.79 Å². The molecule has 0 bridgehead atoms. The van der Waals surface area contributed by atoms with Gasteiger partial charge in [-0.2, -0.15) is 4.31 Å². The van der Waals surface area contributed by atoms with Gasteiger partial charge in [0, 0.05) is 18.7 Å². The highest BCUT2D eigenvalue weighted by molar-refractivity contribution is 7.89. The van der Waals surface area contributed by atoms with Crippen LogP contribution in [0.3, 0.4) is 0 Å². The second kappa shape index (κ2) is 9.01. The average molecular weight is 443 g/mol. The molecule has 1 saturated carbocycles. The fourth-order valence-electron chi connectivity index (χ4n) is 4.50. The quantitative estimate of drug-likeness (QED) is 0.732. The van der Waals surface area contributed by atoms with Gasteiger partial charge in [0.15, 0.2) is 0 Å². The monoisotopic (exact) mass is 442 g/mol. The van der Waals surface area contributed by atoms with Crippen molar-refractivity contribution in [1.82, 2.24) is 9.62 Å². The summed E-state index contributed by atoms with van der Waals surface area (Å²) in [7, 11) is -2.29. The van der Waals surface area contributed by atoms with Gasteiger partial charge in [-0.05, 0) is 55.9 Å². The lowest BCUT2D eigenvalue weighted by Crippen LogP contribution is -2.50. The smallest absolute Gasteiger partial charge is 0.252 e. The SMILES string of the molecule is COc1ccc(C(=O)NC2(c3ccccc3)CCC2)cc1S(=O)(=O)N1CCCCCC1. The molecule has 0 atom stereocenters. The van der Waals surface area contributed by atoms with Gasteiger partial charge in [0.2, 0.25) is 10.0 Å². The van der Waals surface area contributed by atoms with E-state index in [0.29, 0.717) is 18.7 Å². The fraction of sp³-hybridized carbons (Fsp3) is 0.458. The van der Waals surface area contributed by atoms with Gasteiger partial charge in [0.25, 0.3) is 5.91 Å². The van der Waals surface area contributed by atoms with Crippen LogP contribution in [0.4, 0.5) is 0 Å². The van der Waals surface area contributed by atoms with Crippen molar-refractivity contribution in [2.24, 2.45) is 0 Å². The highest BCUT2D eigenvalue weighted by Crippen LogP contribution is 2.41. The number of sulfonamides is 1. The Kier molecular flexibility index (Phi) is 6.34. The number of hydrogen-bond acceptors (Lipinski definition) is 4. The number of ether oxygens (including phenoxy) is 1. The number of carbonyl (C=O) groups is 1. The number of benzene rings is 2. The van der Waals surface area contributed by atoms with E-state index in [1.807, 2.05) is 30.3 Å². The molecule has 1 amide bonds. The number of nitrogens with zero attached hydrogens (tertiary/aromatic N) is 1. The molecule has 1 aliphatic heterocycles. The first-order chi connectivity index (χ1) is 15.0. The molecule has 1 saturated heterocycles. The Hall–Kier alpha value is -2.38. The molecule has 1 N–H and O–H groups in total. The molecule has 2 aromatic carbocycles. The molecule has 4 rings (SSSR count). The number of carbonyl (C=O) groups excluding carboxylic acids is 1. The lowest BCUT2D eigenvalue weighted by Gasteiger charge is -2.43. The zero-order valence-electron chi connectivity index (χ0n) is 18.0. The Bertz CT molecular complexity index is 1020. The number of rotatable bonds is 6. The van der Waals surface area contributed by atoms with E-state index in [9.17, 15) is 13.2 Å². The van der Waals surface area contributed by atoms with E-state index in [-0.39, 0.29) is 22.1 Å². The van der Waals surface area contributed by atoms with Gasteiger partial charge in [-0.15, -0.1) is 0 Å². The minimum Gasteiger partial charge on any atom is -0.495 e. The normalized spacial score (nSPS) is 19.1. The largest absolute Gasteiger partial charge is 0.495 e. The first kappa shape index (κ1) is 21.8. The molecule has 0 spiro atoms. The highest BCUT2D eigenvalue weighted by Gasteiger charge is 2.40. The number of amides is 1. The van der Waals surface area contributed by atoms with Crippen molar-refractivity contribution >= 4 is 15.9 Å². The molecule has 31 heavy (non-hydrogen) atoms. The van der Waals surface area contributed by atoms with Gasteiger partial charge in [-0.25, -0.2) is 8.42 Å². The van der Waals surface area contributed by atoms with Crippen LogP contribution in [-0.4, -0.2) is 38.8 Å². The summed E-state index contributed by atoms with van der Waals surface area (Å²) in [5.41, 5.74) is 1.03. The number of hydrogen-bond donors (Lipinski definition) is 1. The minimum absolute atomic E-state index is 0.0620. The summed E-state index contributed by atoms with van der Waals surface area (Å²) in [6, 6.07) is 14.6. The van der Waals surface area contributed by atoms with E-state index in [2.05, 4.69) is 5.32 Å². The standard InChI is InChI=1S/C24H30N2O4S/c1-30-21-13-12-19(18-22(21)31(28,29)26-16-7-2-3-8-17-26)23(27)25-24(14-9-15-24)20-10-5-4-6-11-20/h4-6,10-13,18H,2-3,7-9,14-17H2,1H3,(H,25,27). The average Bonchev–Trinajstić information content (AvgIpc) is 3.06. The Morgan fingerprint density at radius 2 is 1.65 bits per heavy atom. The van der Waals surface area contributed by atoms with Crippen molar-refractivity contribution in [3.8, 4) is 5.75 Å². The molecule has 1 heterocycles. The molecule has 2 fully saturated rings. The van der Waals surface area contributed by atoms with Crippen LogP contribution >= 0.6 is 0 Å². The Morgan fingerprint density at radius 3 is 2.23 bits per heavy atom. The van der Waals surface area contributed by atoms with E-state index < -0.39 is 10.0 Å². The minimum atomic E-state index is -3.74. The second-order valence-corrected chi connectivity index (χ2v) is 10.3. The molecular formula is C24H30N2O4S. The molecule has 6 nitrogen and oxygen atoms in total.